The monoisotopic (exact) mass is 329 g/mol. The molecule has 0 amide bonds. The van der Waals surface area contributed by atoms with E-state index in [-0.39, 0.29) is 5.82 Å². The van der Waals surface area contributed by atoms with Gasteiger partial charge in [0.1, 0.15) is 5.82 Å². The zero-order chi connectivity index (χ0) is 13.8. The summed E-state index contributed by atoms with van der Waals surface area (Å²) < 4.78 is 19.5. The highest BCUT2D eigenvalue weighted by atomic mass is 79.9. The third-order valence-electron chi connectivity index (χ3n) is 3.70. The molecule has 1 aliphatic heterocycles. The van der Waals surface area contributed by atoms with Gasteiger partial charge in [-0.05, 0) is 59.9 Å². The molecule has 3 atom stereocenters. The van der Waals surface area contributed by atoms with Crippen LogP contribution in [0.3, 0.4) is 0 Å². The Morgan fingerprint density at radius 1 is 1.53 bits per heavy atom. The third kappa shape index (κ3) is 4.01. The fourth-order valence-corrected chi connectivity index (χ4v) is 3.15. The Labute approximate surface area is 122 Å². The van der Waals surface area contributed by atoms with E-state index in [1.165, 1.54) is 6.07 Å². The molecule has 0 radical (unpaired) electrons. The number of likely N-dealkylation sites (N-methyl/N-ethyl adjacent to an activating group) is 1. The minimum atomic E-state index is -0.207. The zero-order valence-electron chi connectivity index (χ0n) is 11.5. The molecule has 1 aliphatic rings. The van der Waals surface area contributed by atoms with E-state index >= 15 is 0 Å². The average Bonchev–Trinajstić information content (AvgIpc) is 2.80. The first-order valence-corrected chi connectivity index (χ1v) is 7.68. The number of hydrogen-bond acceptors (Lipinski definition) is 2. The van der Waals surface area contributed by atoms with Crippen molar-refractivity contribution in [1.29, 1.82) is 0 Å². The third-order valence-corrected chi connectivity index (χ3v) is 4.31. The van der Waals surface area contributed by atoms with Crippen molar-refractivity contribution in [3.63, 3.8) is 0 Å². The quantitative estimate of drug-likeness (QED) is 0.892. The molecular weight excluding hydrogens is 309 g/mol. The highest BCUT2D eigenvalue weighted by Gasteiger charge is 2.29. The Morgan fingerprint density at radius 3 is 2.89 bits per heavy atom. The largest absolute Gasteiger partial charge is 0.378 e. The van der Waals surface area contributed by atoms with Gasteiger partial charge in [0.25, 0.3) is 0 Å². The van der Waals surface area contributed by atoms with E-state index in [0.717, 1.165) is 31.6 Å². The van der Waals surface area contributed by atoms with Crippen molar-refractivity contribution < 1.29 is 9.13 Å². The molecule has 0 saturated carbocycles. The summed E-state index contributed by atoms with van der Waals surface area (Å²) in [6, 6.07) is 5.66. The normalized spacial score (nSPS) is 24.6. The number of halogens is 2. The summed E-state index contributed by atoms with van der Waals surface area (Å²) in [6.45, 7) is 6.00. The molecule has 0 aromatic heterocycles. The van der Waals surface area contributed by atoms with E-state index < -0.39 is 0 Å². The molecule has 19 heavy (non-hydrogen) atoms. The molecule has 0 aliphatic carbocycles. The van der Waals surface area contributed by atoms with Crippen LogP contribution in [-0.4, -0.2) is 25.3 Å². The lowest BCUT2D eigenvalue weighted by Gasteiger charge is -2.23. The first kappa shape index (κ1) is 14.9. The van der Waals surface area contributed by atoms with Gasteiger partial charge >= 0.3 is 0 Å². The predicted octanol–water partition coefficient (Wildman–Crippen LogP) is 3.53. The van der Waals surface area contributed by atoms with E-state index in [1.807, 2.05) is 12.1 Å². The van der Waals surface area contributed by atoms with E-state index in [2.05, 4.69) is 35.1 Å². The molecule has 1 saturated heterocycles. The maximum Gasteiger partial charge on any atom is 0.137 e. The topological polar surface area (TPSA) is 21.3 Å². The number of nitrogens with one attached hydrogen (secondary N) is 1. The van der Waals surface area contributed by atoms with Crippen LogP contribution in [0.5, 0.6) is 0 Å². The standard InChI is InChI=1S/C15H21BrFNO/c1-3-18-15(12-6-10(2)19-9-12)8-11-4-5-14(17)13(16)7-11/h4-5,7,10,12,15,18H,3,6,8-9H2,1-2H3. The highest BCUT2D eigenvalue weighted by Crippen LogP contribution is 2.25. The minimum Gasteiger partial charge on any atom is -0.378 e. The molecule has 3 unspecified atom stereocenters. The van der Waals surface area contributed by atoms with Crippen LogP contribution in [0.25, 0.3) is 0 Å². The Morgan fingerprint density at radius 2 is 2.32 bits per heavy atom. The van der Waals surface area contributed by atoms with Crippen molar-refractivity contribution >= 4 is 15.9 Å². The van der Waals surface area contributed by atoms with Gasteiger partial charge in [0.2, 0.25) is 0 Å². The molecule has 1 aromatic carbocycles. The lowest BCUT2D eigenvalue weighted by atomic mass is 9.91. The van der Waals surface area contributed by atoms with Gasteiger partial charge in [-0.15, -0.1) is 0 Å². The zero-order valence-corrected chi connectivity index (χ0v) is 13.0. The van der Waals surface area contributed by atoms with Gasteiger partial charge in [-0.1, -0.05) is 13.0 Å². The first-order valence-electron chi connectivity index (χ1n) is 6.89. The summed E-state index contributed by atoms with van der Waals surface area (Å²) in [7, 11) is 0. The van der Waals surface area contributed by atoms with Gasteiger partial charge in [-0.2, -0.15) is 0 Å². The smallest absolute Gasteiger partial charge is 0.137 e. The Balaban J connectivity index is 2.05. The van der Waals surface area contributed by atoms with Crippen molar-refractivity contribution in [3.05, 3.63) is 34.1 Å². The number of rotatable bonds is 5. The first-order chi connectivity index (χ1) is 9.10. The van der Waals surface area contributed by atoms with Crippen molar-refractivity contribution in [1.82, 2.24) is 5.32 Å². The van der Waals surface area contributed by atoms with Gasteiger partial charge in [-0.3, -0.25) is 0 Å². The molecule has 1 heterocycles. The van der Waals surface area contributed by atoms with Crippen LogP contribution in [0, 0.1) is 11.7 Å². The van der Waals surface area contributed by atoms with Gasteiger partial charge in [-0.25, -0.2) is 4.39 Å². The summed E-state index contributed by atoms with van der Waals surface area (Å²) in [6.07, 6.45) is 2.36. The lowest BCUT2D eigenvalue weighted by Crippen LogP contribution is -2.38. The van der Waals surface area contributed by atoms with Crippen LogP contribution in [0.4, 0.5) is 4.39 Å². The van der Waals surface area contributed by atoms with Crippen molar-refractivity contribution in [2.45, 2.75) is 38.8 Å². The predicted molar refractivity (Wildman–Crippen MR) is 78.8 cm³/mol. The van der Waals surface area contributed by atoms with Gasteiger partial charge in [0, 0.05) is 12.0 Å². The van der Waals surface area contributed by atoms with E-state index in [9.17, 15) is 4.39 Å². The fourth-order valence-electron chi connectivity index (χ4n) is 2.72. The van der Waals surface area contributed by atoms with Crippen LogP contribution in [0.2, 0.25) is 0 Å². The summed E-state index contributed by atoms with van der Waals surface area (Å²) >= 11 is 3.25. The maximum atomic E-state index is 13.3. The van der Waals surface area contributed by atoms with Crippen LogP contribution >= 0.6 is 15.9 Å². The van der Waals surface area contributed by atoms with Gasteiger partial charge < -0.3 is 10.1 Å². The molecule has 4 heteroatoms. The van der Waals surface area contributed by atoms with E-state index in [4.69, 9.17) is 4.74 Å². The van der Waals surface area contributed by atoms with Crippen LogP contribution < -0.4 is 5.32 Å². The van der Waals surface area contributed by atoms with Crippen molar-refractivity contribution in [2.75, 3.05) is 13.2 Å². The minimum absolute atomic E-state index is 0.207. The summed E-state index contributed by atoms with van der Waals surface area (Å²) in [4.78, 5) is 0. The molecule has 1 fully saturated rings. The van der Waals surface area contributed by atoms with Gasteiger partial charge in [0.05, 0.1) is 17.2 Å². The highest BCUT2D eigenvalue weighted by molar-refractivity contribution is 9.10. The molecular formula is C15H21BrFNO. The SMILES string of the molecule is CCNC(Cc1ccc(F)c(Br)c1)C1COC(C)C1. The number of benzene rings is 1. The van der Waals surface area contributed by atoms with E-state index in [1.54, 1.807) is 0 Å². The lowest BCUT2D eigenvalue weighted by molar-refractivity contribution is 0.117. The second-order valence-electron chi connectivity index (χ2n) is 5.26. The molecule has 0 bridgehead atoms. The Bertz CT molecular complexity index is 427. The Hall–Kier alpha value is -0.450. The second kappa shape index (κ2) is 6.82. The van der Waals surface area contributed by atoms with Crippen LogP contribution in [-0.2, 0) is 11.2 Å². The number of ether oxygens (including phenoxy) is 1. The van der Waals surface area contributed by atoms with Crippen molar-refractivity contribution in [3.8, 4) is 0 Å². The van der Waals surface area contributed by atoms with E-state index in [0.29, 0.717) is 22.5 Å². The van der Waals surface area contributed by atoms with Crippen LogP contribution in [0.1, 0.15) is 25.8 Å². The molecule has 0 spiro atoms. The molecule has 106 valence electrons. The summed E-state index contributed by atoms with van der Waals surface area (Å²) in [5.41, 5.74) is 1.15. The van der Waals surface area contributed by atoms with Crippen LogP contribution in [0.15, 0.2) is 22.7 Å². The number of hydrogen-bond donors (Lipinski definition) is 1. The molecule has 2 rings (SSSR count). The fraction of sp³-hybridized carbons (Fsp3) is 0.600. The maximum absolute atomic E-state index is 13.3. The molecule has 2 nitrogen and oxygen atoms in total. The summed E-state index contributed by atoms with van der Waals surface area (Å²) in [5.74, 6) is 0.334. The Kier molecular flexibility index (Phi) is 5.37. The van der Waals surface area contributed by atoms with Gasteiger partial charge in [0.15, 0.2) is 0 Å². The molecule has 1 aromatic rings. The molecule has 1 N–H and O–H groups in total. The van der Waals surface area contributed by atoms with Crippen molar-refractivity contribution in [2.24, 2.45) is 5.92 Å². The second-order valence-corrected chi connectivity index (χ2v) is 6.11. The summed E-state index contributed by atoms with van der Waals surface area (Å²) in [5, 5.41) is 3.54. The average molecular weight is 330 g/mol.